The van der Waals surface area contributed by atoms with Gasteiger partial charge < -0.3 is 24.3 Å². The van der Waals surface area contributed by atoms with Gasteiger partial charge in [0.25, 0.3) is 0 Å². The number of rotatable bonds is 9. The van der Waals surface area contributed by atoms with E-state index in [1.54, 1.807) is 79.0 Å². The highest BCUT2D eigenvalue weighted by atomic mass is 32.1. The second-order valence-electron chi connectivity index (χ2n) is 13.8. The fraction of sp³-hybridized carbons (Fsp3) is 0.405. The van der Waals surface area contributed by atoms with E-state index in [0.717, 1.165) is 11.1 Å². The van der Waals surface area contributed by atoms with Gasteiger partial charge >= 0.3 is 18.2 Å². The largest absolute Gasteiger partial charge is 0.497 e. The summed E-state index contributed by atoms with van der Waals surface area (Å²) in [5.41, 5.74) is 0.368. The van der Waals surface area contributed by atoms with Crippen molar-refractivity contribution in [2.75, 3.05) is 12.0 Å². The summed E-state index contributed by atoms with van der Waals surface area (Å²) in [5, 5.41) is 3.25. The molecule has 1 aliphatic heterocycles. The number of carbonyl (C=O) groups excluding carboxylic acids is 4. The lowest BCUT2D eigenvalue weighted by Crippen LogP contribution is -2.68. The maximum atomic E-state index is 13.7. The molecule has 13 heteroatoms. The Morgan fingerprint density at radius 2 is 1.52 bits per heavy atom. The van der Waals surface area contributed by atoms with E-state index < -0.39 is 41.3 Å². The first-order valence-corrected chi connectivity index (χ1v) is 16.6. The van der Waals surface area contributed by atoms with Gasteiger partial charge in [-0.25, -0.2) is 19.4 Å². The van der Waals surface area contributed by atoms with Crippen molar-refractivity contribution in [1.82, 2.24) is 15.2 Å². The summed E-state index contributed by atoms with van der Waals surface area (Å²) in [6.07, 6.45) is -0.504. The van der Waals surface area contributed by atoms with Crippen LogP contribution in [0.3, 0.4) is 0 Å². The molecule has 0 spiro atoms. The van der Waals surface area contributed by atoms with E-state index in [9.17, 15) is 19.2 Å². The highest BCUT2D eigenvalue weighted by Crippen LogP contribution is 2.33. The lowest BCUT2D eigenvalue weighted by Gasteiger charge is -2.45. The van der Waals surface area contributed by atoms with Crippen LogP contribution in [-0.4, -0.2) is 63.4 Å². The van der Waals surface area contributed by atoms with Crippen LogP contribution in [0, 0.1) is 5.92 Å². The average Bonchev–Trinajstić information content (AvgIpc) is 3.04. The topological polar surface area (TPSA) is 137 Å². The van der Waals surface area contributed by atoms with E-state index in [4.69, 9.17) is 31.2 Å². The molecule has 1 fully saturated rings. The van der Waals surface area contributed by atoms with Gasteiger partial charge in [-0.2, -0.15) is 4.90 Å². The molecule has 0 saturated carbocycles. The summed E-state index contributed by atoms with van der Waals surface area (Å²) >= 11 is 5.65. The minimum absolute atomic E-state index is 0.0329. The van der Waals surface area contributed by atoms with Gasteiger partial charge in [0.2, 0.25) is 5.91 Å². The molecule has 0 bridgehead atoms. The van der Waals surface area contributed by atoms with Gasteiger partial charge in [-0.1, -0.05) is 42.5 Å². The van der Waals surface area contributed by atoms with E-state index in [-0.39, 0.29) is 35.9 Å². The molecule has 50 heavy (non-hydrogen) atoms. The van der Waals surface area contributed by atoms with Crippen molar-refractivity contribution in [3.8, 4) is 5.75 Å². The van der Waals surface area contributed by atoms with Crippen molar-refractivity contribution < 1.29 is 38.1 Å². The number of benzene rings is 2. The second kappa shape index (κ2) is 15.7. The van der Waals surface area contributed by atoms with Crippen LogP contribution in [0.25, 0.3) is 0 Å². The number of aromatic nitrogens is 1. The number of pyridine rings is 1. The fourth-order valence-electron chi connectivity index (χ4n) is 5.13. The molecule has 3 atom stereocenters. The zero-order valence-electron chi connectivity index (χ0n) is 29.6. The van der Waals surface area contributed by atoms with E-state index in [1.165, 1.54) is 17.2 Å². The van der Waals surface area contributed by atoms with Crippen LogP contribution in [0.1, 0.15) is 71.2 Å². The Kier molecular flexibility index (Phi) is 11.8. The van der Waals surface area contributed by atoms with Crippen molar-refractivity contribution in [1.29, 1.82) is 0 Å². The Balaban J connectivity index is 1.60. The van der Waals surface area contributed by atoms with Gasteiger partial charge in [-0.3, -0.25) is 9.69 Å². The molecule has 1 aromatic heterocycles. The zero-order valence-corrected chi connectivity index (χ0v) is 30.4. The number of thiocarbonyl (C=S) groups is 1. The molecule has 3 amide bonds. The van der Waals surface area contributed by atoms with Crippen LogP contribution in [-0.2, 0) is 36.8 Å². The summed E-state index contributed by atoms with van der Waals surface area (Å²) in [6.45, 7) is 11.9. The van der Waals surface area contributed by atoms with Crippen LogP contribution in [0.15, 0.2) is 72.9 Å². The smallest absolute Gasteiger partial charge is 0.425 e. The molecule has 1 N–H and O–H groups in total. The maximum Gasteiger partial charge on any atom is 0.425 e. The Morgan fingerprint density at radius 3 is 2.08 bits per heavy atom. The zero-order chi connectivity index (χ0) is 36.8. The standard InChI is InChI=1S/C37H44N4O8S/c1-23(26-12-10-9-11-13-26)39-33(50)41-30(32(43)47-22-24-14-16-27(46-8)17-15-24)28(31(41)42)20-25-18-19-38-29(21-25)40(34(44)48-36(2,3)4)35(45)49-37(5,6)7/h9-19,21,23,28,30H,20,22H2,1-8H3,(H,39,50)/t23-,28?,30+/m1/s1. The van der Waals surface area contributed by atoms with Crippen molar-refractivity contribution in [3.05, 3.63) is 89.6 Å². The van der Waals surface area contributed by atoms with E-state index >= 15 is 0 Å². The number of amides is 3. The first-order chi connectivity index (χ1) is 23.5. The molecular formula is C37H44N4O8S. The number of likely N-dealkylation sites (tertiary alicyclic amines) is 1. The number of ether oxygens (including phenoxy) is 4. The molecular weight excluding hydrogens is 660 g/mol. The highest BCUT2D eigenvalue weighted by Gasteiger charge is 2.54. The number of β-lactam (4-membered cyclic amide) rings is 1. The lowest BCUT2D eigenvalue weighted by molar-refractivity contribution is -0.168. The molecule has 3 aromatic rings. The third kappa shape index (κ3) is 9.78. The van der Waals surface area contributed by atoms with Crippen molar-refractivity contribution >= 4 is 47.2 Å². The monoisotopic (exact) mass is 704 g/mol. The molecule has 1 aliphatic rings. The quantitative estimate of drug-likeness (QED) is 0.113. The number of methoxy groups -OCH3 is 1. The Labute approximate surface area is 298 Å². The fourth-order valence-corrected chi connectivity index (χ4v) is 5.51. The van der Waals surface area contributed by atoms with Gasteiger partial charge in [0, 0.05) is 6.20 Å². The van der Waals surface area contributed by atoms with E-state index in [0.29, 0.717) is 16.2 Å². The SMILES string of the molecule is COc1ccc(COC(=O)[C@@H]2C(Cc3ccnc(N(C(=O)OC(C)(C)C)C(=O)OC(C)(C)C)c3)C(=O)N2C(=S)N[C@H](C)c2ccccc2)cc1. The first-order valence-electron chi connectivity index (χ1n) is 16.2. The number of carbonyl (C=O) groups is 4. The van der Waals surface area contributed by atoms with Crippen LogP contribution >= 0.6 is 12.2 Å². The molecule has 2 aromatic carbocycles. The predicted molar refractivity (Wildman–Crippen MR) is 190 cm³/mol. The third-order valence-corrected chi connectivity index (χ3v) is 7.82. The molecule has 1 unspecified atom stereocenters. The van der Waals surface area contributed by atoms with Gasteiger partial charge in [0.1, 0.15) is 35.4 Å². The molecule has 2 heterocycles. The Morgan fingerprint density at radius 1 is 0.920 bits per heavy atom. The minimum Gasteiger partial charge on any atom is -0.497 e. The van der Waals surface area contributed by atoms with Gasteiger partial charge in [0.05, 0.1) is 19.1 Å². The summed E-state index contributed by atoms with van der Waals surface area (Å²) in [6, 6.07) is 18.5. The molecule has 0 radical (unpaired) electrons. The third-order valence-electron chi connectivity index (χ3n) is 7.50. The number of hydrogen-bond acceptors (Lipinski definition) is 10. The Hall–Kier alpha value is -5.04. The lowest BCUT2D eigenvalue weighted by atomic mass is 9.82. The average molecular weight is 705 g/mol. The summed E-state index contributed by atoms with van der Waals surface area (Å²) in [7, 11) is 1.56. The normalized spacial score (nSPS) is 16.4. The van der Waals surface area contributed by atoms with Crippen molar-refractivity contribution in [3.63, 3.8) is 0 Å². The van der Waals surface area contributed by atoms with Crippen molar-refractivity contribution in [2.24, 2.45) is 5.92 Å². The summed E-state index contributed by atoms with van der Waals surface area (Å²) in [5.74, 6) is -1.29. The van der Waals surface area contributed by atoms with E-state index in [1.807, 2.05) is 37.3 Å². The van der Waals surface area contributed by atoms with Crippen molar-refractivity contribution in [2.45, 2.75) is 84.8 Å². The number of anilines is 1. The summed E-state index contributed by atoms with van der Waals surface area (Å²) < 4.78 is 21.9. The first kappa shape index (κ1) is 37.8. The Bertz CT molecular complexity index is 1670. The van der Waals surface area contributed by atoms with Gasteiger partial charge in [-0.15, -0.1) is 0 Å². The predicted octanol–water partition coefficient (Wildman–Crippen LogP) is 6.52. The maximum absolute atomic E-state index is 13.7. The van der Waals surface area contributed by atoms with Crippen LogP contribution < -0.4 is 15.0 Å². The number of imide groups is 1. The number of nitrogens with zero attached hydrogens (tertiary/aromatic N) is 3. The van der Waals surface area contributed by atoms with Gasteiger partial charge in [-0.05, 0) is 108 Å². The van der Waals surface area contributed by atoms with Crippen LogP contribution in [0.5, 0.6) is 5.75 Å². The molecule has 4 rings (SSSR count). The molecule has 12 nitrogen and oxygen atoms in total. The van der Waals surface area contributed by atoms with Crippen LogP contribution in [0.4, 0.5) is 15.4 Å². The summed E-state index contributed by atoms with van der Waals surface area (Å²) in [4.78, 5) is 60.1. The number of hydrogen-bond donors (Lipinski definition) is 1. The highest BCUT2D eigenvalue weighted by molar-refractivity contribution is 7.80. The number of nitrogens with one attached hydrogen (secondary N) is 1. The number of esters is 1. The van der Waals surface area contributed by atoms with Crippen LogP contribution in [0.2, 0.25) is 0 Å². The molecule has 266 valence electrons. The van der Waals surface area contributed by atoms with Gasteiger partial charge in [0.15, 0.2) is 5.11 Å². The van der Waals surface area contributed by atoms with E-state index in [2.05, 4.69) is 10.3 Å². The second-order valence-corrected chi connectivity index (χ2v) is 14.2. The molecule has 0 aliphatic carbocycles. The molecule has 1 saturated heterocycles. The minimum atomic E-state index is -1.05.